The third kappa shape index (κ3) is 2.81. The number of rotatable bonds is 5. The summed E-state index contributed by atoms with van der Waals surface area (Å²) in [5, 5.41) is 13.1. The van der Waals surface area contributed by atoms with Crippen LogP contribution < -0.4 is 9.47 Å². The minimum Gasteiger partial charge on any atom is -0.493 e. The van der Waals surface area contributed by atoms with Crippen LogP contribution in [-0.4, -0.2) is 17.4 Å². The number of nitrogens with zero attached hydrogens (tertiary/aromatic N) is 1. The summed E-state index contributed by atoms with van der Waals surface area (Å²) < 4.78 is 15.5. The summed E-state index contributed by atoms with van der Waals surface area (Å²) in [6, 6.07) is 5.33. The monoisotopic (exact) mass is 249 g/mol. The minimum absolute atomic E-state index is 0.355. The van der Waals surface area contributed by atoms with E-state index in [1.807, 2.05) is 0 Å². The van der Waals surface area contributed by atoms with Crippen LogP contribution in [0.2, 0.25) is 0 Å². The van der Waals surface area contributed by atoms with Crippen molar-refractivity contribution in [2.75, 3.05) is 7.11 Å². The zero-order valence-electron chi connectivity index (χ0n) is 10.3. The topological polar surface area (TPSA) is 64.7 Å². The Bertz CT molecular complexity index is 494. The van der Waals surface area contributed by atoms with Crippen molar-refractivity contribution in [2.45, 2.75) is 19.6 Å². The van der Waals surface area contributed by atoms with Crippen molar-refractivity contribution in [3.63, 3.8) is 0 Å². The van der Waals surface area contributed by atoms with E-state index in [9.17, 15) is 5.11 Å². The predicted molar refractivity (Wildman–Crippen MR) is 64.5 cm³/mol. The van der Waals surface area contributed by atoms with Crippen molar-refractivity contribution >= 4 is 0 Å². The Balaban J connectivity index is 2.12. The number of aliphatic hydroxyl groups is 1. The van der Waals surface area contributed by atoms with Gasteiger partial charge in [-0.3, -0.25) is 0 Å². The molecule has 1 unspecified atom stereocenters. The molecule has 0 saturated heterocycles. The maximum atomic E-state index is 9.50. The lowest BCUT2D eigenvalue weighted by Crippen LogP contribution is -1.98. The van der Waals surface area contributed by atoms with Crippen LogP contribution >= 0.6 is 0 Å². The average molecular weight is 249 g/mol. The molecule has 0 aliphatic carbocycles. The van der Waals surface area contributed by atoms with Gasteiger partial charge in [0.15, 0.2) is 11.5 Å². The van der Waals surface area contributed by atoms with Gasteiger partial charge in [0.25, 0.3) is 0 Å². The maximum absolute atomic E-state index is 9.50. The Hall–Kier alpha value is -2.01. The fourth-order valence-electron chi connectivity index (χ4n) is 1.52. The van der Waals surface area contributed by atoms with Crippen molar-refractivity contribution in [3.05, 3.63) is 41.8 Å². The quantitative estimate of drug-likeness (QED) is 0.880. The molecule has 0 radical (unpaired) electrons. The molecular weight excluding hydrogens is 234 g/mol. The van der Waals surface area contributed by atoms with Crippen molar-refractivity contribution < 1.29 is 19.1 Å². The van der Waals surface area contributed by atoms with E-state index >= 15 is 0 Å². The van der Waals surface area contributed by atoms with Gasteiger partial charge in [-0.2, -0.15) is 0 Å². The minimum atomic E-state index is -0.536. The van der Waals surface area contributed by atoms with E-state index in [1.54, 1.807) is 38.4 Å². The molecule has 5 nitrogen and oxygen atoms in total. The largest absolute Gasteiger partial charge is 0.493 e. The van der Waals surface area contributed by atoms with Crippen LogP contribution in [0.15, 0.2) is 35.2 Å². The average Bonchev–Trinajstić information content (AvgIpc) is 2.89. The zero-order valence-corrected chi connectivity index (χ0v) is 10.3. The Labute approximate surface area is 105 Å². The molecule has 0 amide bonds. The van der Waals surface area contributed by atoms with Crippen molar-refractivity contribution in [3.8, 4) is 11.5 Å². The summed E-state index contributed by atoms with van der Waals surface area (Å²) in [6.07, 6.45) is 2.58. The molecule has 1 aromatic heterocycles. The second kappa shape index (κ2) is 5.55. The second-order valence-corrected chi connectivity index (χ2v) is 3.91. The molecule has 1 atom stereocenters. The highest BCUT2D eigenvalue weighted by Crippen LogP contribution is 2.30. The number of hydrogen-bond donors (Lipinski definition) is 1. The number of benzene rings is 1. The predicted octanol–water partition coefficient (Wildman–Crippen LogP) is 2.32. The number of aliphatic hydroxyl groups excluding tert-OH is 1. The summed E-state index contributed by atoms with van der Waals surface area (Å²) in [4.78, 5) is 0. The molecule has 96 valence electrons. The van der Waals surface area contributed by atoms with Gasteiger partial charge in [-0.1, -0.05) is 11.2 Å². The zero-order chi connectivity index (χ0) is 13.0. The summed E-state index contributed by atoms with van der Waals surface area (Å²) in [6.45, 7) is 2.06. The van der Waals surface area contributed by atoms with Crippen LogP contribution in [0.4, 0.5) is 0 Å². The van der Waals surface area contributed by atoms with Crippen molar-refractivity contribution in [2.24, 2.45) is 0 Å². The SMILES string of the molecule is COc1cc(C(C)O)ccc1OCc1cnoc1. The fourth-order valence-corrected chi connectivity index (χ4v) is 1.52. The molecular formula is C13H15NO4. The summed E-state index contributed by atoms with van der Waals surface area (Å²) >= 11 is 0. The van der Waals surface area contributed by atoms with Crippen LogP contribution in [0.5, 0.6) is 11.5 Å². The lowest BCUT2D eigenvalue weighted by molar-refractivity contribution is 0.198. The van der Waals surface area contributed by atoms with Crippen LogP contribution in [0.3, 0.4) is 0 Å². The lowest BCUT2D eigenvalue weighted by atomic mass is 10.1. The van der Waals surface area contributed by atoms with Gasteiger partial charge in [0.1, 0.15) is 12.9 Å². The van der Waals surface area contributed by atoms with Crippen LogP contribution in [0.25, 0.3) is 0 Å². The molecule has 1 N–H and O–H groups in total. The van der Waals surface area contributed by atoms with E-state index in [-0.39, 0.29) is 0 Å². The van der Waals surface area contributed by atoms with Crippen LogP contribution in [0.1, 0.15) is 24.2 Å². The Morgan fingerprint density at radius 3 is 2.83 bits per heavy atom. The Morgan fingerprint density at radius 2 is 2.22 bits per heavy atom. The first-order chi connectivity index (χ1) is 8.70. The van der Waals surface area contributed by atoms with Gasteiger partial charge in [-0.25, -0.2) is 0 Å². The molecule has 0 spiro atoms. The maximum Gasteiger partial charge on any atom is 0.161 e. The Morgan fingerprint density at radius 1 is 1.39 bits per heavy atom. The standard InChI is InChI=1S/C13H15NO4/c1-9(15)11-3-4-12(13(5-11)16-2)17-7-10-6-14-18-8-10/h3-6,8-9,15H,7H2,1-2H3. The first-order valence-corrected chi connectivity index (χ1v) is 5.57. The highest BCUT2D eigenvalue weighted by Gasteiger charge is 2.09. The fraction of sp³-hybridized carbons (Fsp3) is 0.308. The van der Waals surface area contributed by atoms with Crippen molar-refractivity contribution in [1.82, 2.24) is 5.16 Å². The lowest BCUT2D eigenvalue weighted by Gasteiger charge is -2.12. The second-order valence-electron chi connectivity index (χ2n) is 3.91. The molecule has 0 aliphatic rings. The highest BCUT2D eigenvalue weighted by atomic mass is 16.5. The first-order valence-electron chi connectivity index (χ1n) is 5.57. The molecule has 0 saturated carbocycles. The smallest absolute Gasteiger partial charge is 0.161 e. The van der Waals surface area contributed by atoms with Crippen LogP contribution in [0, 0.1) is 0 Å². The van der Waals surface area contributed by atoms with Gasteiger partial charge in [-0.15, -0.1) is 0 Å². The molecule has 1 heterocycles. The first kappa shape index (κ1) is 12.4. The van der Waals surface area contributed by atoms with Gasteiger partial charge in [0.05, 0.1) is 19.4 Å². The molecule has 0 bridgehead atoms. The third-order valence-corrected chi connectivity index (χ3v) is 2.55. The summed E-state index contributed by atoms with van der Waals surface area (Å²) in [7, 11) is 1.56. The van der Waals surface area contributed by atoms with Gasteiger partial charge in [-0.05, 0) is 24.6 Å². The van der Waals surface area contributed by atoms with Gasteiger partial charge < -0.3 is 19.1 Å². The number of methoxy groups -OCH3 is 1. The van der Waals surface area contributed by atoms with E-state index in [0.717, 1.165) is 11.1 Å². The number of aromatic nitrogens is 1. The molecule has 2 rings (SSSR count). The van der Waals surface area contributed by atoms with Crippen LogP contribution in [-0.2, 0) is 6.61 Å². The Kier molecular flexibility index (Phi) is 3.84. The number of ether oxygens (including phenoxy) is 2. The molecule has 0 fully saturated rings. The molecule has 0 aliphatic heterocycles. The molecule has 2 aromatic rings. The highest BCUT2D eigenvalue weighted by molar-refractivity contribution is 5.43. The number of hydrogen-bond acceptors (Lipinski definition) is 5. The van der Waals surface area contributed by atoms with E-state index < -0.39 is 6.10 Å². The van der Waals surface area contributed by atoms with Gasteiger partial charge >= 0.3 is 0 Å². The van der Waals surface area contributed by atoms with Crippen molar-refractivity contribution in [1.29, 1.82) is 0 Å². The van der Waals surface area contributed by atoms with Gasteiger partial charge in [0, 0.05) is 5.56 Å². The normalized spacial score (nSPS) is 12.2. The third-order valence-electron chi connectivity index (χ3n) is 2.55. The van der Waals surface area contributed by atoms with E-state index in [4.69, 9.17) is 14.0 Å². The van der Waals surface area contributed by atoms with E-state index in [1.165, 1.54) is 6.26 Å². The molecule has 5 heteroatoms. The summed E-state index contributed by atoms with van der Waals surface area (Å²) in [5.74, 6) is 1.20. The van der Waals surface area contributed by atoms with E-state index in [0.29, 0.717) is 18.1 Å². The van der Waals surface area contributed by atoms with E-state index in [2.05, 4.69) is 5.16 Å². The van der Waals surface area contributed by atoms with Gasteiger partial charge in [0.2, 0.25) is 0 Å². The summed E-state index contributed by atoms with van der Waals surface area (Å²) in [5.41, 5.74) is 1.63. The molecule has 1 aromatic carbocycles. The molecule has 18 heavy (non-hydrogen) atoms.